The molecule has 0 N–H and O–H groups in total. The first-order chi connectivity index (χ1) is 26.8. The second-order valence-corrected chi connectivity index (χ2v) is 15.6. The molecule has 0 spiro atoms. The van der Waals surface area contributed by atoms with Gasteiger partial charge < -0.3 is 9.47 Å². The molecule has 1 aromatic heterocycles. The van der Waals surface area contributed by atoms with Crippen LogP contribution in [-0.4, -0.2) is 11.1 Å². The van der Waals surface area contributed by atoms with E-state index in [1.807, 2.05) is 0 Å². The van der Waals surface area contributed by atoms with Crippen LogP contribution < -0.4 is 4.90 Å². The topological polar surface area (TPSA) is 8.17 Å². The Balaban J connectivity index is 1.06. The van der Waals surface area contributed by atoms with Crippen LogP contribution in [0.4, 0.5) is 11.4 Å². The van der Waals surface area contributed by atoms with E-state index in [0.717, 1.165) is 29.1 Å². The molecule has 1 aliphatic heterocycles. The lowest BCUT2D eigenvalue weighted by molar-refractivity contribution is 0.660. The summed E-state index contributed by atoms with van der Waals surface area (Å²) >= 11 is 0. The number of benzene rings is 7. The van der Waals surface area contributed by atoms with Crippen LogP contribution in [0, 0.1) is 6.92 Å². The predicted octanol–water partition coefficient (Wildman–Crippen LogP) is 14.0. The maximum Gasteiger partial charge on any atom is 0.0541 e. The number of aryl methyl sites for hydroxylation is 1. The molecule has 1 aliphatic carbocycles. The van der Waals surface area contributed by atoms with Crippen molar-refractivity contribution in [3.05, 3.63) is 205 Å². The standard InChI is InChI=1S/C53H42N2/c1-35-13-12-15-38(31-35)37-20-24-41(25-21-37)54-30-11-5-6-14-36(2)46-32-39(22-28-50(46)54)40-23-29-52-47(33-40)45-17-8-10-19-51(45)55(52)42-26-27-44-43-16-7-9-18-48(43)53(3,4)49(44)34-42/h5-29,31-34H,2,30H2,1,3-4H3/b11-5-,14-6-. The average molecular weight is 707 g/mol. The zero-order valence-electron chi connectivity index (χ0n) is 31.6. The number of hydrogen-bond acceptors (Lipinski definition) is 1. The SMILES string of the molecule is C=C1/C=C\C=C/CN(c2ccc(-c3cccc(C)c3)cc2)c2ccc(-c3ccc4c(c3)c3ccccc3n4-c3ccc4c(c3)C(C)(C)c3ccccc3-4)cc21. The van der Waals surface area contributed by atoms with E-state index in [1.54, 1.807) is 0 Å². The Labute approximate surface area is 323 Å². The van der Waals surface area contributed by atoms with Gasteiger partial charge in [-0.3, -0.25) is 0 Å². The lowest BCUT2D eigenvalue weighted by atomic mass is 9.82. The highest BCUT2D eigenvalue weighted by atomic mass is 15.1. The second-order valence-electron chi connectivity index (χ2n) is 15.6. The highest BCUT2D eigenvalue weighted by Crippen LogP contribution is 2.49. The molecular formula is C53H42N2. The summed E-state index contributed by atoms with van der Waals surface area (Å²) in [4.78, 5) is 2.39. The van der Waals surface area contributed by atoms with Gasteiger partial charge in [0.2, 0.25) is 0 Å². The number of rotatable bonds is 4. The molecule has 2 heterocycles. The van der Waals surface area contributed by atoms with E-state index in [-0.39, 0.29) is 5.41 Å². The molecule has 0 unspecified atom stereocenters. The van der Waals surface area contributed by atoms with Crippen molar-refractivity contribution in [1.29, 1.82) is 0 Å². The Kier molecular flexibility index (Phi) is 7.64. The molecule has 0 saturated carbocycles. The van der Waals surface area contributed by atoms with Gasteiger partial charge in [-0.1, -0.05) is 147 Å². The van der Waals surface area contributed by atoms with Gasteiger partial charge in [0.05, 0.1) is 11.0 Å². The highest BCUT2D eigenvalue weighted by Gasteiger charge is 2.35. The quantitative estimate of drug-likeness (QED) is 0.177. The summed E-state index contributed by atoms with van der Waals surface area (Å²) in [6, 6.07) is 56.2. The summed E-state index contributed by atoms with van der Waals surface area (Å²) < 4.78 is 2.44. The van der Waals surface area contributed by atoms with E-state index in [0.29, 0.717) is 0 Å². The maximum atomic E-state index is 4.55. The molecule has 0 saturated heterocycles. The van der Waals surface area contributed by atoms with E-state index in [9.17, 15) is 0 Å². The van der Waals surface area contributed by atoms with Crippen molar-refractivity contribution < 1.29 is 0 Å². The van der Waals surface area contributed by atoms with Crippen LogP contribution in [0.25, 0.3) is 66.4 Å². The van der Waals surface area contributed by atoms with Crippen molar-refractivity contribution >= 4 is 38.8 Å². The average Bonchev–Trinajstić information content (AvgIpc) is 3.69. The predicted molar refractivity (Wildman–Crippen MR) is 235 cm³/mol. The van der Waals surface area contributed by atoms with Crippen molar-refractivity contribution in [2.45, 2.75) is 26.2 Å². The smallest absolute Gasteiger partial charge is 0.0541 e. The molecule has 2 heteroatoms. The van der Waals surface area contributed by atoms with Gasteiger partial charge in [-0.05, 0) is 112 Å². The Hall–Kier alpha value is -6.64. The second kappa shape index (κ2) is 12.7. The van der Waals surface area contributed by atoms with E-state index < -0.39 is 0 Å². The summed E-state index contributed by atoms with van der Waals surface area (Å²) in [6.45, 7) is 12.2. The summed E-state index contributed by atoms with van der Waals surface area (Å²) in [6.07, 6.45) is 8.56. The van der Waals surface area contributed by atoms with E-state index in [4.69, 9.17) is 0 Å². The van der Waals surface area contributed by atoms with Crippen LogP contribution in [0.2, 0.25) is 0 Å². The number of anilines is 2. The number of hydrogen-bond donors (Lipinski definition) is 0. The molecule has 2 nitrogen and oxygen atoms in total. The molecule has 0 bridgehead atoms. The van der Waals surface area contributed by atoms with Crippen LogP contribution >= 0.6 is 0 Å². The number of nitrogens with zero attached hydrogens (tertiary/aromatic N) is 2. The van der Waals surface area contributed by atoms with Crippen LogP contribution in [0.3, 0.4) is 0 Å². The number of para-hydroxylation sites is 1. The minimum Gasteiger partial charge on any atom is -0.337 e. The Morgan fingerprint density at radius 3 is 2.11 bits per heavy atom. The third kappa shape index (κ3) is 5.40. The van der Waals surface area contributed by atoms with Crippen LogP contribution in [0.5, 0.6) is 0 Å². The molecular weight excluding hydrogens is 665 g/mol. The Bertz CT molecular complexity index is 2890. The Morgan fingerprint density at radius 2 is 1.24 bits per heavy atom. The molecule has 0 atom stereocenters. The van der Waals surface area contributed by atoms with Gasteiger partial charge in [0.1, 0.15) is 0 Å². The minimum absolute atomic E-state index is 0.0626. The van der Waals surface area contributed by atoms with E-state index in [2.05, 4.69) is 213 Å². The minimum atomic E-state index is -0.0626. The summed E-state index contributed by atoms with van der Waals surface area (Å²) in [5, 5.41) is 2.50. The van der Waals surface area contributed by atoms with Crippen LogP contribution in [0.15, 0.2) is 183 Å². The molecule has 2 aliphatic rings. The zero-order valence-corrected chi connectivity index (χ0v) is 31.6. The fourth-order valence-electron chi connectivity index (χ4n) is 8.98. The number of aromatic nitrogens is 1. The van der Waals surface area contributed by atoms with Gasteiger partial charge in [0, 0.05) is 45.4 Å². The maximum absolute atomic E-state index is 4.55. The lowest BCUT2D eigenvalue weighted by Gasteiger charge is -2.27. The fourth-order valence-corrected chi connectivity index (χ4v) is 8.98. The van der Waals surface area contributed by atoms with Crippen molar-refractivity contribution in [2.75, 3.05) is 11.4 Å². The number of allylic oxidation sites excluding steroid dienone is 4. The van der Waals surface area contributed by atoms with Gasteiger partial charge in [-0.15, -0.1) is 0 Å². The van der Waals surface area contributed by atoms with E-state index >= 15 is 0 Å². The Morgan fingerprint density at radius 1 is 0.527 bits per heavy atom. The third-order valence-electron chi connectivity index (χ3n) is 11.8. The van der Waals surface area contributed by atoms with Gasteiger partial charge >= 0.3 is 0 Å². The normalized spacial score (nSPS) is 15.5. The highest BCUT2D eigenvalue weighted by molar-refractivity contribution is 6.10. The van der Waals surface area contributed by atoms with E-state index in [1.165, 1.54) is 77.6 Å². The largest absolute Gasteiger partial charge is 0.337 e. The third-order valence-corrected chi connectivity index (χ3v) is 11.8. The van der Waals surface area contributed by atoms with Gasteiger partial charge in [-0.2, -0.15) is 0 Å². The van der Waals surface area contributed by atoms with Crippen molar-refractivity contribution in [3.8, 4) is 39.1 Å². The molecule has 264 valence electrons. The molecule has 8 aromatic rings. The first kappa shape index (κ1) is 33.0. The molecule has 0 radical (unpaired) electrons. The van der Waals surface area contributed by atoms with Gasteiger partial charge in [0.15, 0.2) is 0 Å². The molecule has 0 fully saturated rings. The van der Waals surface area contributed by atoms with Crippen molar-refractivity contribution in [1.82, 2.24) is 4.57 Å². The fraction of sp³-hybridized carbons (Fsp3) is 0.0943. The first-order valence-electron chi connectivity index (χ1n) is 19.2. The van der Waals surface area contributed by atoms with Crippen LogP contribution in [0.1, 0.15) is 36.1 Å². The summed E-state index contributed by atoms with van der Waals surface area (Å²) in [5.74, 6) is 0. The molecule has 0 amide bonds. The van der Waals surface area contributed by atoms with Crippen LogP contribution in [-0.2, 0) is 5.41 Å². The van der Waals surface area contributed by atoms with Gasteiger partial charge in [-0.25, -0.2) is 0 Å². The molecule has 7 aromatic carbocycles. The molecule has 55 heavy (non-hydrogen) atoms. The number of fused-ring (bicyclic) bond motifs is 7. The monoisotopic (exact) mass is 706 g/mol. The van der Waals surface area contributed by atoms with Gasteiger partial charge in [0.25, 0.3) is 0 Å². The lowest BCUT2D eigenvalue weighted by Crippen LogP contribution is -2.18. The molecule has 10 rings (SSSR count). The zero-order chi connectivity index (χ0) is 37.3. The first-order valence-corrected chi connectivity index (χ1v) is 19.2. The summed E-state index contributed by atoms with van der Waals surface area (Å²) in [7, 11) is 0. The van der Waals surface area contributed by atoms with Crippen molar-refractivity contribution in [3.63, 3.8) is 0 Å². The summed E-state index contributed by atoms with van der Waals surface area (Å²) in [5.41, 5.74) is 19.5. The van der Waals surface area contributed by atoms with Crippen molar-refractivity contribution in [2.24, 2.45) is 0 Å².